The van der Waals surface area contributed by atoms with Crippen LogP contribution in [0.15, 0.2) is 0 Å². The van der Waals surface area contributed by atoms with Gasteiger partial charge in [0.15, 0.2) is 0 Å². The number of aliphatic hydroxyl groups excluding tert-OH is 1. The van der Waals surface area contributed by atoms with Gasteiger partial charge < -0.3 is 5.11 Å². The molecule has 82 valence electrons. The fourth-order valence-corrected chi connectivity index (χ4v) is 3.66. The minimum absolute atomic E-state index is 0.114. The minimum Gasteiger partial charge on any atom is -0.392 e. The van der Waals surface area contributed by atoms with Gasteiger partial charge in [-0.2, -0.15) is 0 Å². The lowest BCUT2D eigenvalue weighted by molar-refractivity contribution is 0.174. The molecule has 0 unspecified atom stereocenters. The number of aryl methyl sites for hydroxylation is 2. The van der Waals surface area contributed by atoms with E-state index in [0.717, 1.165) is 26.1 Å². The van der Waals surface area contributed by atoms with Crippen molar-refractivity contribution in [1.29, 1.82) is 0 Å². The summed E-state index contributed by atoms with van der Waals surface area (Å²) in [6.07, 6.45) is 4.50. The monoisotopic (exact) mass is 224 g/mol. The van der Waals surface area contributed by atoms with Crippen LogP contribution in [0.25, 0.3) is 0 Å². The molecule has 1 saturated heterocycles. The number of likely N-dealkylation sites (tertiary alicyclic amines) is 1. The van der Waals surface area contributed by atoms with Crippen molar-refractivity contribution in [3.63, 3.8) is 0 Å². The van der Waals surface area contributed by atoms with Crippen molar-refractivity contribution in [2.75, 3.05) is 13.1 Å². The molecule has 1 aromatic rings. The van der Waals surface area contributed by atoms with Crippen LogP contribution >= 0.6 is 11.3 Å². The van der Waals surface area contributed by atoms with Crippen LogP contribution in [-0.4, -0.2) is 34.2 Å². The summed E-state index contributed by atoms with van der Waals surface area (Å²) >= 11 is 1.88. The van der Waals surface area contributed by atoms with Crippen LogP contribution < -0.4 is 0 Å². The van der Waals surface area contributed by atoms with Gasteiger partial charge in [0.2, 0.25) is 0 Å². The number of β-amino-alcohol motifs (C(OH)–C–C–N with tert-alkyl or cyclic N) is 1. The summed E-state index contributed by atoms with van der Waals surface area (Å²) in [4.78, 5) is 8.48. The molecular weight excluding hydrogens is 208 g/mol. The number of hydrogen-bond donors (Lipinski definition) is 1. The summed E-state index contributed by atoms with van der Waals surface area (Å²) in [5.41, 5.74) is 1.34. The molecule has 1 aromatic heterocycles. The van der Waals surface area contributed by atoms with E-state index in [2.05, 4.69) is 9.88 Å². The third-order valence-corrected chi connectivity index (χ3v) is 4.39. The van der Waals surface area contributed by atoms with Crippen LogP contribution in [-0.2, 0) is 19.4 Å². The second-order valence-electron chi connectivity index (χ2n) is 4.51. The van der Waals surface area contributed by atoms with Crippen LogP contribution in [0.1, 0.15) is 28.4 Å². The third kappa shape index (κ3) is 1.94. The predicted octanol–water partition coefficient (Wildman–Crippen LogP) is 1.20. The van der Waals surface area contributed by atoms with Gasteiger partial charge in [-0.3, -0.25) is 4.90 Å². The van der Waals surface area contributed by atoms with E-state index in [4.69, 9.17) is 0 Å². The highest BCUT2D eigenvalue weighted by Crippen LogP contribution is 2.28. The summed E-state index contributed by atoms with van der Waals surface area (Å²) in [6, 6.07) is 0. The standard InChI is InChI=1S/C11H16N2OS/c14-8-4-5-13(6-8)7-11-12-9-2-1-3-10(9)15-11/h8,14H,1-7H2/t8-/m0/s1. The van der Waals surface area contributed by atoms with Crippen molar-refractivity contribution in [3.8, 4) is 0 Å². The van der Waals surface area contributed by atoms with Crippen molar-refractivity contribution < 1.29 is 5.11 Å². The lowest BCUT2D eigenvalue weighted by Gasteiger charge is -2.12. The van der Waals surface area contributed by atoms with Gasteiger partial charge >= 0.3 is 0 Å². The first-order valence-corrected chi connectivity index (χ1v) is 6.51. The summed E-state index contributed by atoms with van der Waals surface area (Å²) in [5.74, 6) is 0. The van der Waals surface area contributed by atoms with Crippen molar-refractivity contribution >= 4 is 11.3 Å². The molecule has 3 nitrogen and oxygen atoms in total. The summed E-state index contributed by atoms with van der Waals surface area (Å²) < 4.78 is 0. The highest BCUT2D eigenvalue weighted by atomic mass is 32.1. The van der Waals surface area contributed by atoms with E-state index in [0.29, 0.717) is 0 Å². The quantitative estimate of drug-likeness (QED) is 0.820. The Morgan fingerprint density at radius 3 is 3.13 bits per heavy atom. The normalized spacial score (nSPS) is 26.1. The molecule has 3 rings (SSSR count). The molecule has 0 radical (unpaired) electrons. The van der Waals surface area contributed by atoms with Gasteiger partial charge in [-0.05, 0) is 25.7 Å². The zero-order valence-electron chi connectivity index (χ0n) is 8.78. The number of aromatic nitrogens is 1. The topological polar surface area (TPSA) is 36.4 Å². The van der Waals surface area contributed by atoms with Crippen LogP contribution in [0, 0.1) is 0 Å². The number of thiazole rings is 1. The zero-order chi connectivity index (χ0) is 10.3. The molecule has 2 heterocycles. The molecule has 15 heavy (non-hydrogen) atoms. The Bertz CT molecular complexity index is 342. The second kappa shape index (κ2) is 3.85. The molecule has 0 spiro atoms. The number of fused-ring (bicyclic) bond motifs is 1. The Balaban J connectivity index is 1.67. The molecular formula is C11H16N2OS. The Morgan fingerprint density at radius 1 is 1.47 bits per heavy atom. The molecule has 1 aliphatic carbocycles. The fraction of sp³-hybridized carbons (Fsp3) is 0.727. The Labute approximate surface area is 93.8 Å². The first-order chi connectivity index (χ1) is 7.31. The first-order valence-electron chi connectivity index (χ1n) is 5.69. The van der Waals surface area contributed by atoms with Gasteiger partial charge in [-0.15, -0.1) is 11.3 Å². The van der Waals surface area contributed by atoms with Crippen LogP contribution in [0.4, 0.5) is 0 Å². The van der Waals surface area contributed by atoms with E-state index in [9.17, 15) is 5.11 Å². The summed E-state index contributed by atoms with van der Waals surface area (Å²) in [6.45, 7) is 2.78. The van der Waals surface area contributed by atoms with Gasteiger partial charge in [0, 0.05) is 18.0 Å². The van der Waals surface area contributed by atoms with Gasteiger partial charge in [0.1, 0.15) is 5.01 Å². The van der Waals surface area contributed by atoms with E-state index < -0.39 is 0 Å². The predicted molar refractivity (Wildman–Crippen MR) is 60.0 cm³/mol. The molecule has 1 aliphatic heterocycles. The lowest BCUT2D eigenvalue weighted by atomic mass is 10.3. The molecule has 2 aliphatic rings. The maximum atomic E-state index is 9.44. The second-order valence-corrected chi connectivity index (χ2v) is 5.68. The van der Waals surface area contributed by atoms with Crippen molar-refractivity contribution in [1.82, 2.24) is 9.88 Å². The SMILES string of the molecule is O[C@H]1CCN(Cc2nc3c(s2)CCC3)C1. The molecule has 4 heteroatoms. The number of rotatable bonds is 2. The molecule has 1 atom stereocenters. The van der Waals surface area contributed by atoms with Crippen molar-refractivity contribution in [2.45, 2.75) is 38.3 Å². The van der Waals surface area contributed by atoms with Crippen molar-refractivity contribution in [2.24, 2.45) is 0 Å². The molecule has 0 bridgehead atoms. The lowest BCUT2D eigenvalue weighted by Crippen LogP contribution is -2.21. The van der Waals surface area contributed by atoms with E-state index in [1.165, 1.54) is 34.8 Å². The van der Waals surface area contributed by atoms with E-state index in [1.807, 2.05) is 11.3 Å². The van der Waals surface area contributed by atoms with Crippen LogP contribution in [0.5, 0.6) is 0 Å². The zero-order valence-corrected chi connectivity index (χ0v) is 9.59. The fourth-order valence-electron chi connectivity index (χ4n) is 2.46. The summed E-state index contributed by atoms with van der Waals surface area (Å²) in [5, 5.41) is 10.7. The average molecular weight is 224 g/mol. The Hall–Kier alpha value is -0.450. The maximum Gasteiger partial charge on any atom is 0.107 e. The van der Waals surface area contributed by atoms with E-state index in [-0.39, 0.29) is 6.10 Å². The smallest absolute Gasteiger partial charge is 0.107 e. The first kappa shape index (κ1) is 9.75. The molecule has 1 fully saturated rings. The molecule has 1 N–H and O–H groups in total. The van der Waals surface area contributed by atoms with Gasteiger partial charge in [-0.1, -0.05) is 0 Å². The maximum absolute atomic E-state index is 9.44. The van der Waals surface area contributed by atoms with E-state index >= 15 is 0 Å². The number of hydrogen-bond acceptors (Lipinski definition) is 4. The Kier molecular flexibility index (Phi) is 2.50. The highest BCUT2D eigenvalue weighted by molar-refractivity contribution is 7.11. The third-order valence-electron chi connectivity index (χ3n) is 3.25. The van der Waals surface area contributed by atoms with Gasteiger partial charge in [0.05, 0.1) is 18.3 Å². The van der Waals surface area contributed by atoms with Crippen LogP contribution in [0.3, 0.4) is 0 Å². The van der Waals surface area contributed by atoms with Gasteiger partial charge in [0.25, 0.3) is 0 Å². The molecule has 0 aromatic carbocycles. The van der Waals surface area contributed by atoms with Gasteiger partial charge in [-0.25, -0.2) is 4.98 Å². The van der Waals surface area contributed by atoms with Crippen LogP contribution in [0.2, 0.25) is 0 Å². The molecule has 0 saturated carbocycles. The van der Waals surface area contributed by atoms with E-state index in [1.54, 1.807) is 0 Å². The highest BCUT2D eigenvalue weighted by Gasteiger charge is 2.22. The number of aliphatic hydroxyl groups is 1. The number of nitrogens with zero attached hydrogens (tertiary/aromatic N) is 2. The largest absolute Gasteiger partial charge is 0.392 e. The molecule has 0 amide bonds. The Morgan fingerprint density at radius 2 is 2.40 bits per heavy atom. The minimum atomic E-state index is -0.114. The summed E-state index contributed by atoms with van der Waals surface area (Å²) in [7, 11) is 0. The van der Waals surface area contributed by atoms with Crippen molar-refractivity contribution in [3.05, 3.63) is 15.6 Å². The average Bonchev–Trinajstić information content (AvgIpc) is 2.81.